The monoisotopic (exact) mass is 274 g/mol. The number of rotatable bonds is 3. The van der Waals surface area contributed by atoms with E-state index >= 15 is 0 Å². The molecule has 0 saturated carbocycles. The van der Waals surface area contributed by atoms with Gasteiger partial charge in [-0.3, -0.25) is 4.90 Å². The van der Waals surface area contributed by atoms with E-state index in [1.165, 1.54) is 24.8 Å². The van der Waals surface area contributed by atoms with E-state index in [0.29, 0.717) is 12.1 Å². The first-order valence-electron chi connectivity index (χ1n) is 7.38. The van der Waals surface area contributed by atoms with Crippen LogP contribution in [0.2, 0.25) is 0 Å². The summed E-state index contributed by atoms with van der Waals surface area (Å²) in [4.78, 5) is 2.60. The predicted octanol–water partition coefficient (Wildman–Crippen LogP) is 3.04. The quantitative estimate of drug-likeness (QED) is 0.680. The molecular weight excluding hydrogens is 252 g/mol. The molecule has 4 heteroatoms. The summed E-state index contributed by atoms with van der Waals surface area (Å²) in [6.45, 7) is 0.984. The summed E-state index contributed by atoms with van der Waals surface area (Å²) in [5.41, 5.74) is 2.30. The molecule has 2 aliphatic rings. The van der Waals surface area contributed by atoms with E-state index < -0.39 is 0 Å². The number of oxime groups is 1. The highest BCUT2D eigenvalue weighted by Gasteiger charge is 2.36. The maximum Gasteiger partial charge on any atom is 0.118 e. The molecule has 2 bridgehead atoms. The van der Waals surface area contributed by atoms with Gasteiger partial charge in [0, 0.05) is 31.5 Å². The van der Waals surface area contributed by atoms with Gasteiger partial charge in [-0.25, -0.2) is 0 Å². The van der Waals surface area contributed by atoms with Crippen molar-refractivity contribution in [2.45, 2.75) is 50.7 Å². The van der Waals surface area contributed by atoms with Crippen LogP contribution in [0.15, 0.2) is 29.4 Å². The summed E-state index contributed by atoms with van der Waals surface area (Å²) >= 11 is 0. The van der Waals surface area contributed by atoms with Crippen molar-refractivity contribution >= 4 is 5.71 Å². The van der Waals surface area contributed by atoms with Gasteiger partial charge < -0.3 is 9.94 Å². The number of benzene rings is 1. The van der Waals surface area contributed by atoms with Crippen molar-refractivity contribution in [1.29, 1.82) is 0 Å². The van der Waals surface area contributed by atoms with Crippen LogP contribution in [0.5, 0.6) is 5.75 Å². The first-order valence-corrected chi connectivity index (χ1v) is 7.38. The van der Waals surface area contributed by atoms with Crippen molar-refractivity contribution in [3.8, 4) is 5.75 Å². The third kappa shape index (κ3) is 2.66. The Morgan fingerprint density at radius 3 is 2.40 bits per heavy atom. The Hall–Kier alpha value is -1.55. The third-order valence-corrected chi connectivity index (χ3v) is 4.62. The van der Waals surface area contributed by atoms with E-state index in [2.05, 4.69) is 22.2 Å². The zero-order valence-electron chi connectivity index (χ0n) is 12.0. The first-order chi connectivity index (χ1) is 9.80. The van der Waals surface area contributed by atoms with Gasteiger partial charge in [0.1, 0.15) is 5.75 Å². The molecule has 0 radical (unpaired) electrons. The summed E-state index contributed by atoms with van der Waals surface area (Å²) in [5.74, 6) is 0.905. The van der Waals surface area contributed by atoms with E-state index in [9.17, 15) is 0 Å². The molecule has 1 N–H and O–H groups in total. The Bertz CT molecular complexity index is 468. The lowest BCUT2D eigenvalue weighted by Crippen LogP contribution is -2.51. The maximum atomic E-state index is 9.04. The highest BCUT2D eigenvalue weighted by molar-refractivity contribution is 5.85. The smallest absolute Gasteiger partial charge is 0.118 e. The summed E-state index contributed by atoms with van der Waals surface area (Å²) in [7, 11) is 1.69. The SMILES string of the molecule is COc1ccc(CN2[C@H]3CCC[C@H]2CC(=NO)C3)cc1. The molecule has 0 spiro atoms. The van der Waals surface area contributed by atoms with Crippen molar-refractivity contribution in [3.05, 3.63) is 29.8 Å². The van der Waals surface area contributed by atoms with Crippen LogP contribution < -0.4 is 4.74 Å². The minimum atomic E-state index is 0.538. The van der Waals surface area contributed by atoms with Gasteiger partial charge in [0.2, 0.25) is 0 Å². The second kappa shape index (κ2) is 5.83. The number of fused-ring (bicyclic) bond motifs is 2. The highest BCUT2D eigenvalue weighted by atomic mass is 16.5. The van der Waals surface area contributed by atoms with E-state index in [-0.39, 0.29) is 0 Å². The lowest BCUT2D eigenvalue weighted by molar-refractivity contribution is 0.0668. The molecule has 20 heavy (non-hydrogen) atoms. The van der Waals surface area contributed by atoms with Gasteiger partial charge in [0.15, 0.2) is 0 Å². The zero-order chi connectivity index (χ0) is 13.9. The maximum absolute atomic E-state index is 9.04. The zero-order valence-corrected chi connectivity index (χ0v) is 12.0. The molecule has 0 aromatic heterocycles. The molecule has 0 amide bonds. The van der Waals surface area contributed by atoms with Crippen LogP contribution in [0.4, 0.5) is 0 Å². The molecule has 2 heterocycles. The normalized spacial score (nSPS) is 26.4. The van der Waals surface area contributed by atoms with Crippen LogP contribution in [-0.4, -0.2) is 35.0 Å². The first kappa shape index (κ1) is 13.4. The van der Waals surface area contributed by atoms with E-state index in [0.717, 1.165) is 30.8 Å². The molecule has 4 nitrogen and oxygen atoms in total. The van der Waals surface area contributed by atoms with Gasteiger partial charge in [-0.05, 0) is 30.5 Å². The third-order valence-electron chi connectivity index (χ3n) is 4.62. The fourth-order valence-corrected chi connectivity index (χ4v) is 3.57. The summed E-state index contributed by atoms with van der Waals surface area (Å²) in [6.07, 6.45) is 5.57. The van der Waals surface area contributed by atoms with Crippen molar-refractivity contribution in [2.24, 2.45) is 5.16 Å². The summed E-state index contributed by atoms with van der Waals surface area (Å²) < 4.78 is 5.21. The molecule has 0 unspecified atom stereocenters. The second-order valence-electron chi connectivity index (χ2n) is 5.83. The number of hydrogen-bond acceptors (Lipinski definition) is 4. The molecule has 1 aromatic rings. The molecule has 2 aliphatic heterocycles. The van der Waals surface area contributed by atoms with Gasteiger partial charge in [-0.15, -0.1) is 0 Å². The average molecular weight is 274 g/mol. The van der Waals surface area contributed by atoms with Crippen molar-refractivity contribution in [3.63, 3.8) is 0 Å². The minimum absolute atomic E-state index is 0.538. The van der Waals surface area contributed by atoms with Crippen LogP contribution in [0, 0.1) is 0 Å². The Labute approximate surface area is 120 Å². The van der Waals surface area contributed by atoms with Crippen molar-refractivity contribution < 1.29 is 9.94 Å². The van der Waals surface area contributed by atoms with Gasteiger partial charge in [-0.1, -0.05) is 23.7 Å². The van der Waals surface area contributed by atoms with Crippen LogP contribution in [-0.2, 0) is 6.54 Å². The van der Waals surface area contributed by atoms with Gasteiger partial charge in [-0.2, -0.15) is 0 Å². The topological polar surface area (TPSA) is 45.1 Å². The fraction of sp³-hybridized carbons (Fsp3) is 0.562. The molecule has 3 rings (SSSR count). The lowest BCUT2D eigenvalue weighted by atomic mass is 9.83. The van der Waals surface area contributed by atoms with Crippen molar-refractivity contribution in [2.75, 3.05) is 7.11 Å². The Morgan fingerprint density at radius 1 is 1.20 bits per heavy atom. The van der Waals surface area contributed by atoms with Crippen LogP contribution in [0.25, 0.3) is 0 Å². The van der Waals surface area contributed by atoms with Crippen LogP contribution >= 0.6 is 0 Å². The molecule has 0 aliphatic carbocycles. The number of hydrogen-bond donors (Lipinski definition) is 1. The summed E-state index contributed by atoms with van der Waals surface area (Å²) in [5, 5.41) is 12.5. The molecule has 1 aromatic carbocycles. The average Bonchev–Trinajstić information content (AvgIpc) is 2.47. The van der Waals surface area contributed by atoms with Crippen molar-refractivity contribution in [1.82, 2.24) is 4.90 Å². The summed E-state index contributed by atoms with van der Waals surface area (Å²) in [6, 6.07) is 9.41. The largest absolute Gasteiger partial charge is 0.497 e. The Morgan fingerprint density at radius 2 is 1.85 bits per heavy atom. The van der Waals surface area contributed by atoms with Gasteiger partial charge in [0.05, 0.1) is 12.8 Å². The van der Waals surface area contributed by atoms with Crippen LogP contribution in [0.1, 0.15) is 37.7 Å². The second-order valence-corrected chi connectivity index (χ2v) is 5.83. The number of ether oxygens (including phenoxy) is 1. The number of nitrogens with zero attached hydrogens (tertiary/aromatic N) is 2. The Balaban J connectivity index is 1.73. The molecule has 2 atom stereocenters. The Kier molecular flexibility index (Phi) is 3.92. The minimum Gasteiger partial charge on any atom is -0.497 e. The number of methoxy groups -OCH3 is 1. The lowest BCUT2D eigenvalue weighted by Gasteiger charge is -2.46. The van der Waals surface area contributed by atoms with Crippen LogP contribution in [0.3, 0.4) is 0 Å². The van der Waals surface area contributed by atoms with Gasteiger partial charge >= 0.3 is 0 Å². The van der Waals surface area contributed by atoms with E-state index in [4.69, 9.17) is 9.94 Å². The predicted molar refractivity (Wildman–Crippen MR) is 78.4 cm³/mol. The fourth-order valence-electron chi connectivity index (χ4n) is 3.57. The highest BCUT2D eigenvalue weighted by Crippen LogP contribution is 2.34. The molecule has 2 saturated heterocycles. The molecule has 2 fully saturated rings. The number of piperidine rings is 2. The standard InChI is InChI=1S/C16H22N2O2/c1-20-16-7-5-12(6-8-16)11-18-14-3-2-4-15(18)10-13(9-14)17-19/h5-8,14-15,19H,2-4,9-11H2,1H3/t14-,15-/m0/s1. The van der Waals surface area contributed by atoms with E-state index in [1.54, 1.807) is 7.11 Å². The molecular formula is C16H22N2O2. The van der Waals surface area contributed by atoms with E-state index in [1.807, 2.05) is 12.1 Å². The molecule has 108 valence electrons. The van der Waals surface area contributed by atoms with Gasteiger partial charge in [0.25, 0.3) is 0 Å².